The van der Waals surface area contributed by atoms with Crippen molar-refractivity contribution in [1.82, 2.24) is 24.8 Å². The van der Waals surface area contributed by atoms with Crippen LogP contribution in [0.2, 0.25) is 0 Å². The average Bonchev–Trinajstić information content (AvgIpc) is 4.04. The Balaban J connectivity index is 1.19. The van der Waals surface area contributed by atoms with Crippen molar-refractivity contribution in [2.24, 2.45) is 11.8 Å². The maximum Gasteiger partial charge on any atom is 0.264 e. The topological polar surface area (TPSA) is 131 Å². The molecule has 2 aromatic carbocycles. The molecule has 1 N–H and O–H groups in total. The number of hydrogen-bond acceptors (Lipinski definition) is 9. The van der Waals surface area contributed by atoms with Crippen molar-refractivity contribution < 1.29 is 17.9 Å². The van der Waals surface area contributed by atoms with Crippen molar-refractivity contribution in [2.75, 3.05) is 22.8 Å². The molecule has 0 unspecified atom stereocenters. The van der Waals surface area contributed by atoms with Gasteiger partial charge in [-0.1, -0.05) is 37.1 Å². The molecule has 0 spiro atoms. The molecule has 2 saturated carbocycles. The van der Waals surface area contributed by atoms with E-state index in [1.165, 1.54) is 31.4 Å². The first kappa shape index (κ1) is 31.7. The van der Waals surface area contributed by atoms with Gasteiger partial charge in [-0.3, -0.25) is 9.78 Å². The number of carbonyl (C=O) groups is 1. The quantitative estimate of drug-likeness (QED) is 0.253. The monoisotopic (exact) mass is 679 g/mol. The minimum absolute atomic E-state index is 0.0539. The van der Waals surface area contributed by atoms with E-state index >= 15 is 0 Å². The van der Waals surface area contributed by atoms with Crippen LogP contribution in [0.1, 0.15) is 72.1 Å². The molecule has 254 valence electrons. The summed E-state index contributed by atoms with van der Waals surface area (Å²) in [4.78, 5) is 37.4. The minimum atomic E-state index is -4.15. The van der Waals surface area contributed by atoms with E-state index in [0.29, 0.717) is 23.3 Å². The molecule has 4 aliphatic rings. The highest BCUT2D eigenvalue weighted by molar-refractivity contribution is 7.92. The van der Waals surface area contributed by atoms with Crippen molar-refractivity contribution >= 4 is 27.7 Å². The summed E-state index contributed by atoms with van der Waals surface area (Å²) in [5.41, 5.74) is 4.37. The molecule has 4 bridgehead atoms. The molecular formula is C37H41N7O4S. The van der Waals surface area contributed by atoms with Gasteiger partial charge in [0.25, 0.3) is 15.9 Å². The number of sulfonamides is 1. The second-order valence-corrected chi connectivity index (χ2v) is 15.7. The zero-order valence-corrected chi connectivity index (χ0v) is 28.7. The van der Waals surface area contributed by atoms with E-state index in [1.807, 2.05) is 38.2 Å². The van der Waals surface area contributed by atoms with Crippen LogP contribution in [-0.2, 0) is 16.6 Å². The van der Waals surface area contributed by atoms with Crippen LogP contribution in [0.15, 0.2) is 65.8 Å². The van der Waals surface area contributed by atoms with Gasteiger partial charge in [0.2, 0.25) is 11.8 Å². The number of nitrogens with zero attached hydrogens (tertiary/aromatic N) is 6. The molecule has 2 atom stereocenters. The molecule has 11 nitrogen and oxygen atoms in total. The van der Waals surface area contributed by atoms with Gasteiger partial charge in [0.15, 0.2) is 0 Å². The molecule has 0 radical (unpaired) electrons. The van der Waals surface area contributed by atoms with Gasteiger partial charge >= 0.3 is 0 Å². The molecule has 49 heavy (non-hydrogen) atoms. The average molecular weight is 680 g/mol. The number of rotatable bonds is 7. The number of amides is 1. The van der Waals surface area contributed by atoms with Crippen molar-refractivity contribution in [2.45, 2.75) is 82.3 Å². The van der Waals surface area contributed by atoms with Gasteiger partial charge in [0.05, 0.1) is 41.3 Å². The first-order valence-electron chi connectivity index (χ1n) is 17.3. The summed E-state index contributed by atoms with van der Waals surface area (Å²) in [7, 11) is -4.15. The van der Waals surface area contributed by atoms with Crippen LogP contribution >= 0.6 is 0 Å². The summed E-state index contributed by atoms with van der Waals surface area (Å²) in [6.45, 7) is 5.32. The number of aryl methyl sites for hydroxylation is 2. The van der Waals surface area contributed by atoms with Gasteiger partial charge in [0, 0.05) is 29.8 Å². The molecular weight excluding hydrogens is 639 g/mol. The zero-order valence-electron chi connectivity index (χ0n) is 27.9. The van der Waals surface area contributed by atoms with Gasteiger partial charge in [-0.2, -0.15) is 4.98 Å². The Bertz CT molecular complexity index is 1990. The molecule has 2 aliphatic carbocycles. The molecule has 12 heteroatoms. The van der Waals surface area contributed by atoms with Crippen LogP contribution in [-0.4, -0.2) is 64.4 Å². The number of benzene rings is 2. The van der Waals surface area contributed by atoms with Crippen molar-refractivity contribution in [3.05, 3.63) is 83.3 Å². The molecule has 8 rings (SSSR count). The Kier molecular flexibility index (Phi) is 8.21. The van der Waals surface area contributed by atoms with Crippen LogP contribution in [0.3, 0.4) is 0 Å². The third-order valence-electron chi connectivity index (χ3n) is 10.2. The van der Waals surface area contributed by atoms with Gasteiger partial charge in [0.1, 0.15) is 12.4 Å². The van der Waals surface area contributed by atoms with Gasteiger partial charge < -0.3 is 14.5 Å². The highest BCUT2D eigenvalue weighted by Crippen LogP contribution is 2.41. The SMILES string of the molecule is Cc1cccc(C)c1-c1cc2nc(n1)NS(=O)(=O)c1cccc(c1)C(=O)N(Cc1cncc(N3CCC[C@H]3C3CC3)n1)[C@H](CC1CC1)CO2. The third-order valence-corrected chi connectivity index (χ3v) is 11.6. The van der Waals surface area contributed by atoms with Gasteiger partial charge in [-0.25, -0.2) is 23.1 Å². The lowest BCUT2D eigenvalue weighted by molar-refractivity contribution is 0.0561. The molecule has 3 fully saturated rings. The highest BCUT2D eigenvalue weighted by Gasteiger charge is 2.39. The van der Waals surface area contributed by atoms with Crippen LogP contribution in [0.4, 0.5) is 11.8 Å². The number of carbonyl (C=O) groups excluding carboxylic acids is 1. The number of anilines is 2. The van der Waals surface area contributed by atoms with E-state index in [1.54, 1.807) is 29.3 Å². The second-order valence-electron chi connectivity index (χ2n) is 14.0. The number of ether oxygens (including phenoxy) is 1. The van der Waals surface area contributed by atoms with Gasteiger partial charge in [-0.05, 0) is 87.1 Å². The fourth-order valence-electron chi connectivity index (χ4n) is 7.44. The minimum Gasteiger partial charge on any atom is -0.475 e. The maximum atomic E-state index is 14.5. The summed E-state index contributed by atoms with van der Waals surface area (Å²) >= 11 is 0. The Morgan fingerprint density at radius 3 is 2.51 bits per heavy atom. The Labute approximate surface area is 287 Å². The van der Waals surface area contributed by atoms with Crippen LogP contribution in [0.5, 0.6) is 5.88 Å². The number of aromatic nitrogens is 4. The Morgan fingerprint density at radius 2 is 1.73 bits per heavy atom. The van der Waals surface area contributed by atoms with Crippen molar-refractivity contribution in [1.29, 1.82) is 0 Å². The normalized spacial score (nSPS) is 22.0. The lowest BCUT2D eigenvalue weighted by Gasteiger charge is -2.32. The number of fused-ring (bicyclic) bond motifs is 4. The first-order chi connectivity index (χ1) is 23.7. The third kappa shape index (κ3) is 6.70. The first-order valence-corrected chi connectivity index (χ1v) is 18.8. The molecule has 1 saturated heterocycles. The summed E-state index contributed by atoms with van der Waals surface area (Å²) in [5.74, 6) is 1.90. The van der Waals surface area contributed by atoms with E-state index in [-0.39, 0.29) is 47.4 Å². The van der Waals surface area contributed by atoms with E-state index in [2.05, 4.69) is 24.6 Å². The highest BCUT2D eigenvalue weighted by atomic mass is 32.2. The smallest absolute Gasteiger partial charge is 0.264 e. The maximum absolute atomic E-state index is 14.5. The van der Waals surface area contributed by atoms with E-state index in [0.717, 1.165) is 60.7 Å². The summed E-state index contributed by atoms with van der Waals surface area (Å²) in [6, 6.07) is 14.0. The zero-order chi connectivity index (χ0) is 33.7. The van der Waals surface area contributed by atoms with E-state index in [9.17, 15) is 13.2 Å². The summed E-state index contributed by atoms with van der Waals surface area (Å²) in [6.07, 6.45) is 11.3. The molecule has 4 aromatic rings. The fraction of sp³-hybridized carbons (Fsp3) is 0.432. The summed E-state index contributed by atoms with van der Waals surface area (Å²) < 4.78 is 36.4. The Morgan fingerprint density at radius 1 is 0.939 bits per heavy atom. The van der Waals surface area contributed by atoms with Crippen molar-refractivity contribution in [3.63, 3.8) is 0 Å². The molecule has 4 heterocycles. The lowest BCUT2D eigenvalue weighted by Crippen LogP contribution is -2.44. The molecule has 2 aromatic heterocycles. The predicted octanol–water partition coefficient (Wildman–Crippen LogP) is 5.93. The van der Waals surface area contributed by atoms with Gasteiger partial charge in [-0.15, -0.1) is 0 Å². The van der Waals surface area contributed by atoms with E-state index < -0.39 is 10.0 Å². The summed E-state index contributed by atoms with van der Waals surface area (Å²) in [5, 5.41) is 0. The van der Waals surface area contributed by atoms with Crippen LogP contribution < -0.4 is 14.4 Å². The van der Waals surface area contributed by atoms with Crippen molar-refractivity contribution in [3.8, 4) is 17.1 Å². The molecule has 2 aliphatic heterocycles. The molecule has 1 amide bonds. The number of hydrogen-bond donors (Lipinski definition) is 1. The van der Waals surface area contributed by atoms with Crippen LogP contribution in [0.25, 0.3) is 11.3 Å². The number of nitrogens with one attached hydrogen (secondary N) is 1. The van der Waals surface area contributed by atoms with Crippen LogP contribution in [0, 0.1) is 25.7 Å². The van der Waals surface area contributed by atoms with E-state index in [4.69, 9.17) is 9.72 Å². The largest absolute Gasteiger partial charge is 0.475 e. The second kappa shape index (κ2) is 12.7. The predicted molar refractivity (Wildman–Crippen MR) is 186 cm³/mol. The lowest BCUT2D eigenvalue weighted by atomic mass is 10.00. The fourth-order valence-corrected chi connectivity index (χ4v) is 8.43. The Hall–Kier alpha value is -4.58. The standard InChI is InChI=1S/C37H41N7O4S/c1-23-6-3-7-24(2)35(23)31-18-34-41-37(40-31)42-49(46,47)30-9-4-8-27(17-30)36(45)44(29(22-48-34)16-25-11-12-25)21-28-19-38-20-33(39-28)43-15-5-10-32(43)26-13-14-26/h3-4,6-9,17-20,25-26,29,32H,5,10-16,21-22H2,1-2H3,(H,40,41,42)/t29-,32+/m1/s1.